The quantitative estimate of drug-likeness (QED) is 0.864. The van der Waals surface area contributed by atoms with E-state index in [2.05, 4.69) is 15.2 Å². The summed E-state index contributed by atoms with van der Waals surface area (Å²) < 4.78 is 36.9. The molecule has 2 N–H and O–H groups in total. The Bertz CT molecular complexity index is 575. The van der Waals surface area contributed by atoms with E-state index in [1.165, 1.54) is 0 Å². The Morgan fingerprint density at radius 3 is 2.50 bits per heavy atom. The van der Waals surface area contributed by atoms with E-state index in [4.69, 9.17) is 5.11 Å². The number of carboxylic acid groups (broad SMARTS) is 1. The number of rotatable bonds is 2. The van der Waals surface area contributed by atoms with Crippen molar-refractivity contribution in [3.63, 3.8) is 0 Å². The maximum absolute atomic E-state index is 12.3. The number of hydrogen-bond acceptors (Lipinski definition) is 3. The summed E-state index contributed by atoms with van der Waals surface area (Å²) in [6, 6.07) is 1.91. The van der Waals surface area contributed by atoms with Gasteiger partial charge in [0.25, 0.3) is 0 Å². The maximum Gasteiger partial charge on any atom is 0.417 e. The predicted octanol–water partition coefficient (Wildman–Crippen LogP) is 2.19. The van der Waals surface area contributed by atoms with Gasteiger partial charge in [0, 0.05) is 6.20 Å². The van der Waals surface area contributed by atoms with Gasteiger partial charge in [0.15, 0.2) is 0 Å². The third kappa shape index (κ3) is 2.17. The van der Waals surface area contributed by atoms with Crippen LogP contribution in [0.4, 0.5) is 13.2 Å². The van der Waals surface area contributed by atoms with Crippen LogP contribution in [-0.4, -0.2) is 26.3 Å². The van der Waals surface area contributed by atoms with Crippen molar-refractivity contribution in [2.75, 3.05) is 0 Å². The summed E-state index contributed by atoms with van der Waals surface area (Å²) >= 11 is 0. The molecule has 0 fully saturated rings. The molecule has 18 heavy (non-hydrogen) atoms. The zero-order chi connectivity index (χ0) is 13.3. The molecule has 0 radical (unpaired) electrons. The number of nitrogens with zero attached hydrogens (tertiary/aromatic N) is 2. The zero-order valence-corrected chi connectivity index (χ0v) is 8.69. The van der Waals surface area contributed by atoms with Crippen molar-refractivity contribution in [1.29, 1.82) is 0 Å². The highest BCUT2D eigenvalue weighted by molar-refractivity contribution is 5.93. The Kier molecular flexibility index (Phi) is 2.77. The summed E-state index contributed by atoms with van der Waals surface area (Å²) in [7, 11) is 0. The zero-order valence-electron chi connectivity index (χ0n) is 8.69. The van der Waals surface area contributed by atoms with Gasteiger partial charge in [0.2, 0.25) is 0 Å². The molecular formula is C10H6F3N3O2. The number of alkyl halides is 3. The molecule has 2 rings (SSSR count). The largest absolute Gasteiger partial charge is 0.478 e. The summed E-state index contributed by atoms with van der Waals surface area (Å²) in [5, 5.41) is 14.7. The number of aromatic amines is 1. The van der Waals surface area contributed by atoms with Gasteiger partial charge in [0.1, 0.15) is 5.56 Å². The second-order valence-corrected chi connectivity index (χ2v) is 3.39. The van der Waals surface area contributed by atoms with Crippen molar-refractivity contribution >= 4 is 5.97 Å². The lowest BCUT2D eigenvalue weighted by Crippen LogP contribution is -2.05. The minimum absolute atomic E-state index is 0.0659. The number of aromatic carboxylic acids is 1. The van der Waals surface area contributed by atoms with Gasteiger partial charge in [-0.1, -0.05) is 0 Å². The number of carbonyl (C=O) groups is 1. The van der Waals surface area contributed by atoms with Crippen molar-refractivity contribution in [3.05, 3.63) is 35.7 Å². The van der Waals surface area contributed by atoms with Gasteiger partial charge in [0.05, 0.1) is 23.1 Å². The van der Waals surface area contributed by atoms with Crippen LogP contribution in [0.1, 0.15) is 15.9 Å². The highest BCUT2D eigenvalue weighted by Crippen LogP contribution is 2.29. The third-order valence-electron chi connectivity index (χ3n) is 2.22. The summed E-state index contributed by atoms with van der Waals surface area (Å²) in [6.07, 6.45) is -2.77. The van der Waals surface area contributed by atoms with Gasteiger partial charge in [-0.3, -0.25) is 10.1 Å². The van der Waals surface area contributed by atoms with Gasteiger partial charge in [-0.15, -0.1) is 0 Å². The van der Waals surface area contributed by atoms with E-state index < -0.39 is 17.7 Å². The van der Waals surface area contributed by atoms with E-state index >= 15 is 0 Å². The molecule has 0 atom stereocenters. The number of aromatic nitrogens is 3. The Labute approximate surface area is 98.3 Å². The van der Waals surface area contributed by atoms with Crippen LogP contribution < -0.4 is 0 Å². The van der Waals surface area contributed by atoms with Crippen LogP contribution in [0.3, 0.4) is 0 Å². The second kappa shape index (κ2) is 4.13. The fourth-order valence-electron chi connectivity index (χ4n) is 1.35. The molecule has 0 aliphatic heterocycles. The van der Waals surface area contributed by atoms with Crippen LogP contribution in [0.5, 0.6) is 0 Å². The molecule has 0 aliphatic carbocycles. The average molecular weight is 257 g/mol. The van der Waals surface area contributed by atoms with Gasteiger partial charge in [-0.25, -0.2) is 4.79 Å². The van der Waals surface area contributed by atoms with Crippen molar-refractivity contribution < 1.29 is 23.1 Å². The summed E-state index contributed by atoms with van der Waals surface area (Å²) in [6.45, 7) is 0. The predicted molar refractivity (Wildman–Crippen MR) is 53.8 cm³/mol. The van der Waals surface area contributed by atoms with Crippen LogP contribution >= 0.6 is 0 Å². The molecule has 0 amide bonds. The van der Waals surface area contributed by atoms with E-state index in [1.807, 2.05) is 0 Å². The number of H-pyrrole nitrogens is 1. The average Bonchev–Trinajstić information content (AvgIpc) is 2.77. The number of carboxylic acids is 1. The first kappa shape index (κ1) is 12.1. The van der Waals surface area contributed by atoms with Crippen LogP contribution in [0.2, 0.25) is 0 Å². The molecule has 0 saturated heterocycles. The van der Waals surface area contributed by atoms with Crippen molar-refractivity contribution in [1.82, 2.24) is 15.2 Å². The summed E-state index contributed by atoms with van der Waals surface area (Å²) in [5.41, 5.74) is -0.904. The van der Waals surface area contributed by atoms with Crippen molar-refractivity contribution in [2.24, 2.45) is 0 Å². The lowest BCUT2D eigenvalue weighted by molar-refractivity contribution is -0.137. The molecule has 2 heterocycles. The first-order chi connectivity index (χ1) is 8.39. The molecule has 0 bridgehead atoms. The van der Waals surface area contributed by atoms with Crippen LogP contribution in [0.25, 0.3) is 11.4 Å². The van der Waals surface area contributed by atoms with E-state index in [-0.39, 0.29) is 17.0 Å². The molecule has 5 nitrogen and oxygen atoms in total. The fourth-order valence-corrected chi connectivity index (χ4v) is 1.35. The van der Waals surface area contributed by atoms with Crippen molar-refractivity contribution in [2.45, 2.75) is 6.18 Å². The summed E-state index contributed by atoms with van der Waals surface area (Å²) in [4.78, 5) is 14.4. The monoisotopic (exact) mass is 257 g/mol. The minimum Gasteiger partial charge on any atom is -0.478 e. The number of pyridine rings is 1. The summed E-state index contributed by atoms with van der Waals surface area (Å²) in [5.74, 6) is -1.24. The van der Waals surface area contributed by atoms with Gasteiger partial charge in [-0.05, 0) is 12.1 Å². The second-order valence-electron chi connectivity index (χ2n) is 3.39. The Morgan fingerprint density at radius 2 is 2.00 bits per heavy atom. The normalized spacial score (nSPS) is 11.5. The maximum atomic E-state index is 12.3. The van der Waals surface area contributed by atoms with E-state index in [0.29, 0.717) is 6.20 Å². The SMILES string of the molecule is O=C(O)c1cn[nH]c1-c1ccc(C(F)(F)F)cn1. The van der Waals surface area contributed by atoms with E-state index in [0.717, 1.165) is 18.3 Å². The molecular weight excluding hydrogens is 251 g/mol. The highest BCUT2D eigenvalue weighted by atomic mass is 19.4. The minimum atomic E-state index is -4.48. The van der Waals surface area contributed by atoms with E-state index in [9.17, 15) is 18.0 Å². The standard InChI is InChI=1S/C10H6F3N3O2/c11-10(12,13)5-1-2-7(14-3-5)8-6(9(17)18)4-15-16-8/h1-4H,(H,15,16)(H,17,18). The number of halogens is 3. The molecule has 0 unspecified atom stereocenters. The Morgan fingerprint density at radius 1 is 1.28 bits per heavy atom. The van der Waals surface area contributed by atoms with Gasteiger partial charge >= 0.3 is 12.1 Å². The smallest absolute Gasteiger partial charge is 0.417 e. The Balaban J connectivity index is 2.41. The molecule has 2 aromatic heterocycles. The molecule has 2 aromatic rings. The van der Waals surface area contributed by atoms with Gasteiger partial charge in [-0.2, -0.15) is 18.3 Å². The molecule has 8 heteroatoms. The lowest BCUT2D eigenvalue weighted by atomic mass is 10.1. The highest BCUT2D eigenvalue weighted by Gasteiger charge is 2.30. The first-order valence-electron chi connectivity index (χ1n) is 4.70. The van der Waals surface area contributed by atoms with Gasteiger partial charge < -0.3 is 5.11 Å². The van der Waals surface area contributed by atoms with Crippen LogP contribution in [0, 0.1) is 0 Å². The fraction of sp³-hybridized carbons (Fsp3) is 0.100. The molecule has 0 spiro atoms. The Hall–Kier alpha value is -2.38. The topological polar surface area (TPSA) is 78.9 Å². The first-order valence-corrected chi connectivity index (χ1v) is 4.70. The number of nitrogens with one attached hydrogen (secondary N) is 1. The molecule has 0 saturated carbocycles. The van der Waals surface area contributed by atoms with Crippen LogP contribution in [0.15, 0.2) is 24.5 Å². The molecule has 0 aromatic carbocycles. The lowest BCUT2D eigenvalue weighted by Gasteiger charge is -2.06. The number of hydrogen-bond donors (Lipinski definition) is 2. The van der Waals surface area contributed by atoms with Crippen molar-refractivity contribution in [3.8, 4) is 11.4 Å². The third-order valence-corrected chi connectivity index (χ3v) is 2.22. The molecule has 94 valence electrons. The van der Waals surface area contributed by atoms with Crippen LogP contribution in [-0.2, 0) is 6.18 Å². The molecule has 0 aliphatic rings. The van der Waals surface area contributed by atoms with E-state index in [1.54, 1.807) is 0 Å².